The number of nitro benzene ring substituents is 1. The van der Waals surface area contributed by atoms with Crippen LogP contribution in [-0.4, -0.2) is 23.1 Å². The number of nitrogens with zero attached hydrogens (tertiary/aromatic N) is 2. The quantitative estimate of drug-likeness (QED) is 0.465. The summed E-state index contributed by atoms with van der Waals surface area (Å²) >= 11 is 5.80. The average molecular weight is 362 g/mol. The van der Waals surface area contributed by atoms with Crippen LogP contribution in [0.5, 0.6) is 0 Å². The third-order valence-electron chi connectivity index (χ3n) is 3.29. The number of nitrogens with one attached hydrogen (secondary N) is 1. The second-order valence-corrected chi connectivity index (χ2v) is 5.58. The van der Waals surface area contributed by atoms with Crippen molar-refractivity contribution in [1.29, 1.82) is 0 Å². The van der Waals surface area contributed by atoms with Gasteiger partial charge in [-0.25, -0.2) is 0 Å². The molecule has 0 aromatic heterocycles. The third kappa shape index (κ3) is 5.58. The predicted octanol–water partition coefficient (Wildman–Crippen LogP) is 3.30. The van der Waals surface area contributed by atoms with Gasteiger partial charge in [-0.2, -0.15) is 0 Å². The van der Waals surface area contributed by atoms with Gasteiger partial charge in [0, 0.05) is 17.6 Å². The number of carbonyl (C=O) groups is 1. The van der Waals surface area contributed by atoms with Crippen molar-refractivity contribution in [1.82, 2.24) is 5.32 Å². The maximum atomic E-state index is 12.0. The minimum atomic E-state index is -0.841. The Hall–Kier alpha value is -2.93. The van der Waals surface area contributed by atoms with Crippen LogP contribution in [0.4, 0.5) is 5.69 Å². The number of amides is 1. The molecule has 0 radical (unpaired) electrons. The maximum absolute atomic E-state index is 12.0. The number of rotatable bonds is 7. The summed E-state index contributed by atoms with van der Waals surface area (Å²) in [6, 6.07) is 13.2. The Labute approximate surface area is 149 Å². The van der Waals surface area contributed by atoms with Crippen LogP contribution in [-0.2, 0) is 16.2 Å². The van der Waals surface area contributed by atoms with E-state index in [-0.39, 0.29) is 11.6 Å². The minimum Gasteiger partial charge on any atom is -0.383 e. The Bertz CT molecular complexity index is 778. The number of oxime groups is 1. The van der Waals surface area contributed by atoms with Crippen LogP contribution in [0.1, 0.15) is 18.1 Å². The molecule has 0 fully saturated rings. The van der Waals surface area contributed by atoms with Crippen LogP contribution in [0, 0.1) is 10.1 Å². The first kappa shape index (κ1) is 18.4. The second-order valence-electron chi connectivity index (χ2n) is 5.14. The summed E-state index contributed by atoms with van der Waals surface area (Å²) in [5.41, 5.74) is 1.10. The molecule has 0 aliphatic heterocycles. The van der Waals surface area contributed by atoms with Crippen molar-refractivity contribution in [2.45, 2.75) is 19.6 Å². The SMILES string of the molecule is CC(O/N=C/c1ccccc1[N+](=O)[O-])C(=O)NCc1ccc(Cl)cc1. The van der Waals surface area contributed by atoms with Crippen molar-refractivity contribution in [2.24, 2.45) is 5.16 Å². The molecule has 0 bridgehead atoms. The van der Waals surface area contributed by atoms with E-state index in [4.69, 9.17) is 16.4 Å². The fourth-order valence-electron chi connectivity index (χ4n) is 1.92. The van der Waals surface area contributed by atoms with Crippen LogP contribution < -0.4 is 5.32 Å². The summed E-state index contributed by atoms with van der Waals surface area (Å²) < 4.78 is 0. The number of hydrogen-bond donors (Lipinski definition) is 1. The molecule has 7 nitrogen and oxygen atoms in total. The number of halogens is 1. The van der Waals surface area contributed by atoms with Gasteiger partial charge in [-0.15, -0.1) is 0 Å². The van der Waals surface area contributed by atoms with Crippen molar-refractivity contribution < 1.29 is 14.6 Å². The number of nitro groups is 1. The van der Waals surface area contributed by atoms with E-state index in [1.54, 1.807) is 36.4 Å². The smallest absolute Gasteiger partial charge is 0.278 e. The molecule has 2 aromatic rings. The molecule has 130 valence electrons. The van der Waals surface area contributed by atoms with E-state index in [0.717, 1.165) is 5.56 Å². The van der Waals surface area contributed by atoms with Crippen molar-refractivity contribution in [3.05, 3.63) is 74.8 Å². The van der Waals surface area contributed by atoms with E-state index in [1.807, 2.05) is 0 Å². The fraction of sp³-hybridized carbons (Fsp3) is 0.176. The van der Waals surface area contributed by atoms with Gasteiger partial charge in [-0.1, -0.05) is 41.0 Å². The normalized spacial score (nSPS) is 11.9. The lowest BCUT2D eigenvalue weighted by molar-refractivity contribution is -0.385. The first-order chi connectivity index (χ1) is 12.0. The molecule has 0 spiro atoms. The molecule has 0 aliphatic carbocycles. The van der Waals surface area contributed by atoms with E-state index in [0.29, 0.717) is 17.1 Å². The summed E-state index contributed by atoms with van der Waals surface area (Å²) in [7, 11) is 0. The number of benzene rings is 2. The van der Waals surface area contributed by atoms with Crippen LogP contribution in [0.15, 0.2) is 53.7 Å². The van der Waals surface area contributed by atoms with Gasteiger partial charge in [0.25, 0.3) is 11.6 Å². The fourth-order valence-corrected chi connectivity index (χ4v) is 2.05. The highest BCUT2D eigenvalue weighted by Gasteiger charge is 2.14. The van der Waals surface area contributed by atoms with E-state index in [2.05, 4.69) is 10.5 Å². The van der Waals surface area contributed by atoms with Crippen molar-refractivity contribution >= 4 is 29.4 Å². The van der Waals surface area contributed by atoms with Gasteiger partial charge < -0.3 is 10.2 Å². The molecule has 1 unspecified atom stereocenters. The first-order valence-corrected chi connectivity index (χ1v) is 7.80. The molecule has 0 saturated heterocycles. The molecular weight excluding hydrogens is 346 g/mol. The summed E-state index contributed by atoms with van der Waals surface area (Å²) in [6.07, 6.45) is 0.368. The van der Waals surface area contributed by atoms with Gasteiger partial charge in [-0.3, -0.25) is 14.9 Å². The lowest BCUT2D eigenvalue weighted by Gasteiger charge is -2.10. The Balaban J connectivity index is 1.87. The topological polar surface area (TPSA) is 93.8 Å². The summed E-state index contributed by atoms with van der Waals surface area (Å²) in [4.78, 5) is 27.4. The van der Waals surface area contributed by atoms with E-state index < -0.39 is 11.0 Å². The molecule has 8 heteroatoms. The van der Waals surface area contributed by atoms with E-state index in [9.17, 15) is 14.9 Å². The molecule has 1 amide bonds. The molecule has 0 saturated carbocycles. The van der Waals surface area contributed by atoms with E-state index in [1.165, 1.54) is 25.3 Å². The maximum Gasteiger partial charge on any atom is 0.278 e. The molecular formula is C17H16ClN3O4. The van der Waals surface area contributed by atoms with Gasteiger partial charge >= 0.3 is 0 Å². The number of carbonyl (C=O) groups excluding carboxylic acids is 1. The van der Waals surface area contributed by atoms with Crippen LogP contribution >= 0.6 is 11.6 Å². The van der Waals surface area contributed by atoms with Gasteiger partial charge in [-0.05, 0) is 30.7 Å². The highest BCUT2D eigenvalue weighted by Crippen LogP contribution is 2.15. The Morgan fingerprint density at radius 3 is 2.68 bits per heavy atom. The molecule has 1 atom stereocenters. The van der Waals surface area contributed by atoms with E-state index >= 15 is 0 Å². The standard InChI is InChI=1S/C17H16ClN3O4/c1-12(17(22)19-10-13-6-8-15(18)9-7-13)25-20-11-14-4-2-3-5-16(14)21(23)24/h2-9,11-12H,10H2,1H3,(H,19,22)/b20-11+. The molecule has 25 heavy (non-hydrogen) atoms. The lowest BCUT2D eigenvalue weighted by atomic mass is 10.2. The lowest BCUT2D eigenvalue weighted by Crippen LogP contribution is -2.33. The second kappa shape index (κ2) is 8.79. The van der Waals surface area contributed by atoms with Gasteiger partial charge in [0.15, 0.2) is 0 Å². The predicted molar refractivity (Wildman–Crippen MR) is 94.5 cm³/mol. The largest absolute Gasteiger partial charge is 0.383 e. The zero-order valence-electron chi connectivity index (χ0n) is 13.4. The van der Waals surface area contributed by atoms with Crippen LogP contribution in [0.3, 0.4) is 0 Å². The Morgan fingerprint density at radius 1 is 1.32 bits per heavy atom. The summed E-state index contributed by atoms with van der Waals surface area (Å²) in [5.74, 6) is -0.352. The van der Waals surface area contributed by atoms with Crippen molar-refractivity contribution in [3.63, 3.8) is 0 Å². The van der Waals surface area contributed by atoms with Crippen LogP contribution in [0.2, 0.25) is 5.02 Å². The van der Waals surface area contributed by atoms with Gasteiger partial charge in [0.05, 0.1) is 16.7 Å². The third-order valence-corrected chi connectivity index (χ3v) is 3.55. The highest BCUT2D eigenvalue weighted by molar-refractivity contribution is 6.30. The molecule has 1 N–H and O–H groups in total. The summed E-state index contributed by atoms with van der Waals surface area (Å²) in [5, 5.41) is 17.9. The van der Waals surface area contributed by atoms with Crippen molar-refractivity contribution in [2.75, 3.05) is 0 Å². The molecule has 0 aliphatic rings. The molecule has 2 aromatic carbocycles. The van der Waals surface area contributed by atoms with Gasteiger partial charge in [0.1, 0.15) is 0 Å². The zero-order chi connectivity index (χ0) is 18.2. The number of para-hydroxylation sites is 1. The monoisotopic (exact) mass is 361 g/mol. The zero-order valence-corrected chi connectivity index (χ0v) is 14.1. The Morgan fingerprint density at radius 2 is 2.00 bits per heavy atom. The molecule has 2 rings (SSSR count). The number of hydrogen-bond acceptors (Lipinski definition) is 5. The average Bonchev–Trinajstić information content (AvgIpc) is 2.61. The Kier molecular flexibility index (Phi) is 6.47. The van der Waals surface area contributed by atoms with Gasteiger partial charge in [0.2, 0.25) is 6.10 Å². The highest BCUT2D eigenvalue weighted by atomic mass is 35.5. The molecule has 0 heterocycles. The first-order valence-electron chi connectivity index (χ1n) is 7.42. The summed E-state index contributed by atoms with van der Waals surface area (Å²) in [6.45, 7) is 1.87. The van der Waals surface area contributed by atoms with Crippen LogP contribution in [0.25, 0.3) is 0 Å². The van der Waals surface area contributed by atoms with Crippen molar-refractivity contribution in [3.8, 4) is 0 Å². The minimum absolute atomic E-state index is 0.0882.